The lowest BCUT2D eigenvalue weighted by Crippen LogP contribution is -2.53. The minimum Gasteiger partial charge on any atom is -0.497 e. The van der Waals surface area contributed by atoms with Gasteiger partial charge >= 0.3 is 0 Å². The molecule has 2 saturated carbocycles. The van der Waals surface area contributed by atoms with Gasteiger partial charge in [-0.05, 0) is 88.8 Å². The maximum Gasteiger partial charge on any atom is 0.214 e. The van der Waals surface area contributed by atoms with E-state index in [0.29, 0.717) is 37.2 Å². The Hall–Kier alpha value is -2.22. The van der Waals surface area contributed by atoms with Crippen molar-refractivity contribution in [1.82, 2.24) is 9.44 Å². The third-order valence-electron chi connectivity index (χ3n) is 8.79. The number of aliphatic hydroxyl groups is 2. The number of hydrogen-bond donors (Lipinski definition) is 4. The summed E-state index contributed by atoms with van der Waals surface area (Å²) in [5, 5.41) is 21.2. The van der Waals surface area contributed by atoms with E-state index in [1.807, 2.05) is 0 Å². The van der Waals surface area contributed by atoms with Crippen LogP contribution in [-0.2, 0) is 31.2 Å². The van der Waals surface area contributed by atoms with Crippen molar-refractivity contribution in [3.63, 3.8) is 0 Å². The fourth-order valence-electron chi connectivity index (χ4n) is 5.74. The Morgan fingerprint density at radius 2 is 0.955 bits per heavy atom. The molecule has 0 radical (unpaired) electrons. The lowest BCUT2D eigenvalue weighted by Gasteiger charge is -2.41. The number of benzene rings is 2. The summed E-state index contributed by atoms with van der Waals surface area (Å²) < 4.78 is 64.4. The average Bonchev–Trinajstić information content (AvgIpc) is 2.99. The summed E-state index contributed by atoms with van der Waals surface area (Å²) in [5.74, 6) is 1.42. The highest BCUT2D eigenvalue weighted by molar-refractivity contribution is 7.90. The molecule has 2 aromatic rings. The number of hydrogen-bond acceptors (Lipinski definition) is 8. The molecular formula is C32H50N2O8S2. The van der Waals surface area contributed by atoms with E-state index in [1.165, 1.54) is 0 Å². The van der Waals surface area contributed by atoms with Crippen LogP contribution in [-0.4, -0.2) is 63.9 Å². The normalized spacial score (nSPS) is 26.1. The highest BCUT2D eigenvalue weighted by Crippen LogP contribution is 2.39. The molecule has 2 aromatic carbocycles. The van der Waals surface area contributed by atoms with Gasteiger partial charge in [-0.3, -0.25) is 0 Å². The van der Waals surface area contributed by atoms with Crippen molar-refractivity contribution >= 4 is 20.0 Å². The molecule has 4 rings (SSSR count). The van der Waals surface area contributed by atoms with Gasteiger partial charge < -0.3 is 19.7 Å². The number of methoxy groups -OCH3 is 2. The van der Waals surface area contributed by atoms with Crippen molar-refractivity contribution in [3.05, 3.63) is 59.7 Å². The molecular weight excluding hydrogens is 604 g/mol. The van der Waals surface area contributed by atoms with Gasteiger partial charge in [0.15, 0.2) is 0 Å². The maximum absolute atomic E-state index is 12.2. The number of nitrogens with one attached hydrogen (secondary N) is 2. The molecule has 0 amide bonds. The predicted octanol–water partition coefficient (Wildman–Crippen LogP) is 4.31. The van der Waals surface area contributed by atoms with Gasteiger partial charge in [-0.1, -0.05) is 49.9 Å². The molecule has 0 bridgehead atoms. The topological polar surface area (TPSA) is 151 Å². The third-order valence-corrected chi connectivity index (χ3v) is 12.5. The van der Waals surface area contributed by atoms with Crippen LogP contribution < -0.4 is 18.9 Å². The van der Waals surface area contributed by atoms with E-state index in [2.05, 4.69) is 9.44 Å². The number of rotatable bonds is 10. The van der Waals surface area contributed by atoms with Crippen molar-refractivity contribution in [2.45, 2.75) is 113 Å². The molecule has 44 heavy (non-hydrogen) atoms. The zero-order valence-electron chi connectivity index (χ0n) is 26.7. The smallest absolute Gasteiger partial charge is 0.214 e. The Bertz CT molecular complexity index is 1300. The van der Waals surface area contributed by atoms with Crippen molar-refractivity contribution in [2.75, 3.05) is 14.2 Å². The quantitative estimate of drug-likeness (QED) is 0.296. The summed E-state index contributed by atoms with van der Waals surface area (Å²) in [6, 6.07) is 13.4. The first kappa shape index (κ1) is 36.3. The second-order valence-electron chi connectivity index (χ2n) is 12.3. The largest absolute Gasteiger partial charge is 0.497 e. The average molecular weight is 655 g/mol. The molecule has 2 aliphatic carbocycles. The van der Waals surface area contributed by atoms with E-state index in [0.717, 1.165) is 36.8 Å². The molecule has 4 N–H and O–H groups in total. The van der Waals surface area contributed by atoms with E-state index < -0.39 is 53.8 Å². The zero-order chi connectivity index (χ0) is 32.8. The van der Waals surface area contributed by atoms with Crippen LogP contribution in [0.5, 0.6) is 11.5 Å². The zero-order valence-corrected chi connectivity index (χ0v) is 28.4. The fourth-order valence-corrected chi connectivity index (χ4v) is 7.71. The van der Waals surface area contributed by atoms with E-state index in [9.17, 15) is 27.0 Å². The van der Waals surface area contributed by atoms with Crippen LogP contribution in [0.3, 0.4) is 0 Å². The number of ether oxygens (including phenoxy) is 2. The van der Waals surface area contributed by atoms with Crippen molar-refractivity contribution in [2.24, 2.45) is 0 Å². The maximum atomic E-state index is 12.2. The van der Waals surface area contributed by atoms with E-state index in [4.69, 9.17) is 9.47 Å². The molecule has 2 fully saturated rings. The van der Waals surface area contributed by atoms with Gasteiger partial charge in [-0.15, -0.1) is 0 Å². The van der Waals surface area contributed by atoms with E-state index in [-0.39, 0.29) is 0 Å². The van der Waals surface area contributed by atoms with Crippen LogP contribution in [0.25, 0.3) is 0 Å². The van der Waals surface area contributed by atoms with Gasteiger partial charge in [0.25, 0.3) is 0 Å². The first-order valence-electron chi connectivity index (χ1n) is 15.3. The van der Waals surface area contributed by atoms with Gasteiger partial charge in [0.05, 0.1) is 36.8 Å². The SMILES string of the molecule is COc1ccc([C@@]2(O)CCCC[C@@H]2NS(=O)(=O)C(C)C)cc1.COc1ccc([C@@]2(O)CCCC[C@H]2NS(=O)(=O)C(C)C)cc1. The third kappa shape index (κ3) is 8.52. The summed E-state index contributed by atoms with van der Waals surface area (Å²) in [6.45, 7) is 6.55. The van der Waals surface area contributed by atoms with Gasteiger partial charge in [0.1, 0.15) is 22.7 Å². The molecule has 12 heteroatoms. The highest BCUT2D eigenvalue weighted by atomic mass is 32.2. The minimum atomic E-state index is -3.42. The molecule has 2 aliphatic rings. The second-order valence-corrected chi connectivity index (χ2v) is 16.9. The molecule has 0 spiro atoms. The fraction of sp³-hybridized carbons (Fsp3) is 0.625. The van der Waals surface area contributed by atoms with Crippen molar-refractivity contribution < 1.29 is 36.5 Å². The van der Waals surface area contributed by atoms with E-state index >= 15 is 0 Å². The Kier molecular flexibility index (Phi) is 12.3. The Morgan fingerprint density at radius 1 is 0.636 bits per heavy atom. The predicted molar refractivity (Wildman–Crippen MR) is 173 cm³/mol. The monoisotopic (exact) mass is 654 g/mol. The number of sulfonamides is 2. The molecule has 4 atom stereocenters. The Balaban J connectivity index is 0.000000240. The molecule has 10 nitrogen and oxygen atoms in total. The molecule has 0 saturated heterocycles. The standard InChI is InChI=1S/2C16H25NO4S/c2*1-12(2)22(19,20)17-15-6-4-5-11-16(15,18)13-7-9-14(21-3)10-8-13/h2*7-10,12,15,17-18H,4-6,11H2,1-3H3/t15-,16+;15-,16-/m10/s1. The molecule has 0 aromatic heterocycles. The van der Waals surface area contributed by atoms with Gasteiger partial charge in [-0.2, -0.15) is 0 Å². The summed E-state index contributed by atoms with van der Waals surface area (Å²) >= 11 is 0. The van der Waals surface area contributed by atoms with Crippen LogP contribution in [0, 0.1) is 0 Å². The van der Waals surface area contributed by atoms with Crippen LogP contribution in [0.1, 0.15) is 90.2 Å². The first-order valence-corrected chi connectivity index (χ1v) is 18.4. The Labute approximate surface area is 263 Å². The van der Waals surface area contributed by atoms with Gasteiger partial charge in [0, 0.05) is 0 Å². The molecule has 248 valence electrons. The Morgan fingerprint density at radius 3 is 1.23 bits per heavy atom. The van der Waals surface area contributed by atoms with E-state index in [1.54, 1.807) is 90.4 Å². The van der Waals surface area contributed by atoms with Crippen LogP contribution in [0.2, 0.25) is 0 Å². The molecule has 0 aliphatic heterocycles. The van der Waals surface area contributed by atoms with Crippen molar-refractivity contribution in [1.29, 1.82) is 0 Å². The lowest BCUT2D eigenvalue weighted by molar-refractivity contribution is -0.0251. The minimum absolute atomic E-state index is 0.498. The van der Waals surface area contributed by atoms with Gasteiger partial charge in [0.2, 0.25) is 20.0 Å². The van der Waals surface area contributed by atoms with Gasteiger partial charge in [-0.25, -0.2) is 26.3 Å². The molecule has 0 heterocycles. The summed E-state index contributed by atoms with van der Waals surface area (Å²) in [4.78, 5) is 0. The van der Waals surface area contributed by atoms with Crippen LogP contribution in [0.15, 0.2) is 48.5 Å². The van der Waals surface area contributed by atoms with Crippen LogP contribution >= 0.6 is 0 Å². The first-order chi connectivity index (χ1) is 20.6. The summed E-state index contributed by atoms with van der Waals surface area (Å²) in [6.07, 6.45) is 5.93. The highest BCUT2D eigenvalue weighted by Gasteiger charge is 2.44. The lowest BCUT2D eigenvalue weighted by atomic mass is 9.76. The second kappa shape index (κ2) is 14.9. The molecule has 0 unspecified atom stereocenters. The summed E-state index contributed by atoms with van der Waals surface area (Å²) in [7, 11) is -3.67. The van der Waals surface area contributed by atoms with Crippen LogP contribution in [0.4, 0.5) is 0 Å². The summed E-state index contributed by atoms with van der Waals surface area (Å²) in [5.41, 5.74) is -0.896. The van der Waals surface area contributed by atoms with Crippen molar-refractivity contribution in [3.8, 4) is 11.5 Å².